The number of hydrogen-bond donors (Lipinski definition) is 1. The van der Waals surface area contributed by atoms with Crippen molar-refractivity contribution in [1.29, 1.82) is 0 Å². The first-order valence-electron chi connectivity index (χ1n) is 11.5. The van der Waals surface area contributed by atoms with Crippen LogP contribution < -0.4 is 10.5 Å². The van der Waals surface area contributed by atoms with E-state index < -0.39 is 11.7 Å². The van der Waals surface area contributed by atoms with Gasteiger partial charge in [-0.2, -0.15) is 5.10 Å². The number of morpholine rings is 1. The first kappa shape index (κ1) is 22.7. The predicted molar refractivity (Wildman–Crippen MR) is 121 cm³/mol. The normalized spacial score (nSPS) is 21.0. The number of ether oxygens (including phenoxy) is 2. The summed E-state index contributed by atoms with van der Waals surface area (Å²) in [4.78, 5) is 40.6. The Morgan fingerprint density at radius 1 is 1.12 bits per heavy atom. The van der Waals surface area contributed by atoms with Gasteiger partial charge in [0.1, 0.15) is 12.2 Å². The van der Waals surface area contributed by atoms with E-state index in [0.29, 0.717) is 57.0 Å². The van der Waals surface area contributed by atoms with Gasteiger partial charge < -0.3 is 19.5 Å². The molecular weight excluding hydrogens is 440 g/mol. The molecule has 1 spiro atoms. The van der Waals surface area contributed by atoms with Crippen LogP contribution in [0.25, 0.3) is 0 Å². The molecule has 1 aromatic heterocycles. The van der Waals surface area contributed by atoms with Crippen LogP contribution in [0.5, 0.6) is 0 Å². The number of aliphatic hydroxyl groups is 1. The minimum absolute atomic E-state index is 0.135. The Morgan fingerprint density at radius 3 is 2.62 bits per heavy atom. The van der Waals surface area contributed by atoms with Crippen LogP contribution in [0.4, 0.5) is 5.82 Å². The number of benzene rings is 1. The number of fused-ring (bicyclic) bond motifs is 1. The van der Waals surface area contributed by atoms with E-state index in [-0.39, 0.29) is 24.0 Å². The van der Waals surface area contributed by atoms with Gasteiger partial charge in [0, 0.05) is 38.3 Å². The van der Waals surface area contributed by atoms with Crippen LogP contribution in [0, 0.1) is 6.92 Å². The summed E-state index contributed by atoms with van der Waals surface area (Å²) in [7, 11) is 1.56. The van der Waals surface area contributed by atoms with E-state index in [2.05, 4.69) is 10.00 Å². The van der Waals surface area contributed by atoms with Crippen LogP contribution in [0.1, 0.15) is 46.0 Å². The van der Waals surface area contributed by atoms with Gasteiger partial charge in [-0.05, 0) is 43.0 Å². The van der Waals surface area contributed by atoms with Gasteiger partial charge in [-0.15, -0.1) is 0 Å². The van der Waals surface area contributed by atoms with Gasteiger partial charge in [0.05, 0.1) is 24.8 Å². The maximum absolute atomic E-state index is 13.4. The standard InChI is InChI=1S/C24H28N4O6/c1-15-16(3-4-17-18(15)14-33-22(17)31)19(29)13-27-9-7-24(8-10-27)23(32)28(11-12-34-24)20-5-6-21(30)26(2)25-20/h3-6,19,29H,7-14H2,1-2H3/t19-/m0/s1. The number of carbonyl (C=O) groups is 2. The fourth-order valence-corrected chi connectivity index (χ4v) is 5.12. The van der Waals surface area contributed by atoms with Crippen molar-refractivity contribution >= 4 is 17.7 Å². The molecule has 3 aliphatic heterocycles. The smallest absolute Gasteiger partial charge is 0.338 e. The van der Waals surface area contributed by atoms with Crippen molar-refractivity contribution < 1.29 is 24.2 Å². The third-order valence-corrected chi connectivity index (χ3v) is 7.21. The quantitative estimate of drug-likeness (QED) is 0.652. The highest BCUT2D eigenvalue weighted by Crippen LogP contribution is 2.34. The SMILES string of the molecule is Cc1c([C@@H](O)CN2CCC3(CC2)OCCN(c2ccc(=O)n(C)n2)C3=O)ccc2c1COC2=O. The van der Waals surface area contributed by atoms with Gasteiger partial charge in [0.25, 0.3) is 11.5 Å². The molecule has 0 aliphatic carbocycles. The molecule has 3 aliphatic rings. The summed E-state index contributed by atoms with van der Waals surface area (Å²) in [5.74, 6) is -0.00834. The summed E-state index contributed by atoms with van der Waals surface area (Å²) in [5.41, 5.74) is 1.93. The number of piperidine rings is 1. The Morgan fingerprint density at radius 2 is 1.88 bits per heavy atom. The van der Waals surface area contributed by atoms with Crippen molar-refractivity contribution in [1.82, 2.24) is 14.7 Å². The number of rotatable bonds is 4. The molecule has 4 heterocycles. The number of carbonyl (C=O) groups excluding carboxylic acids is 2. The number of hydrogen-bond acceptors (Lipinski definition) is 8. The number of β-amino-alcohol motifs (C(OH)–C–C–N with tert-alkyl or cyclic N) is 1. The van der Waals surface area contributed by atoms with Gasteiger partial charge in [0.15, 0.2) is 5.82 Å². The molecule has 10 heteroatoms. The predicted octanol–water partition coefficient (Wildman–Crippen LogP) is 0.691. The first-order valence-corrected chi connectivity index (χ1v) is 11.5. The van der Waals surface area contributed by atoms with Crippen LogP contribution in [-0.2, 0) is 27.9 Å². The molecule has 2 aromatic rings. The second-order valence-electron chi connectivity index (χ2n) is 9.15. The molecule has 10 nitrogen and oxygen atoms in total. The third kappa shape index (κ3) is 3.81. The lowest BCUT2D eigenvalue weighted by Crippen LogP contribution is -2.61. The van der Waals surface area contributed by atoms with E-state index in [4.69, 9.17) is 9.47 Å². The van der Waals surface area contributed by atoms with E-state index in [9.17, 15) is 19.5 Å². The number of likely N-dealkylation sites (tertiary alicyclic amines) is 1. The summed E-state index contributed by atoms with van der Waals surface area (Å²) in [5, 5.41) is 15.2. The van der Waals surface area contributed by atoms with E-state index in [1.54, 1.807) is 30.1 Å². The zero-order valence-corrected chi connectivity index (χ0v) is 19.3. The van der Waals surface area contributed by atoms with Gasteiger partial charge in [0.2, 0.25) is 0 Å². The molecule has 1 N–H and O–H groups in total. The Labute approximate surface area is 196 Å². The van der Waals surface area contributed by atoms with E-state index in [0.717, 1.165) is 16.7 Å². The average Bonchev–Trinajstić information content (AvgIpc) is 3.21. The fraction of sp³-hybridized carbons (Fsp3) is 0.500. The molecule has 0 unspecified atom stereocenters. The number of nitrogens with zero attached hydrogens (tertiary/aromatic N) is 4. The summed E-state index contributed by atoms with van der Waals surface area (Å²) in [6, 6.07) is 6.49. The second kappa shape index (κ2) is 8.61. The second-order valence-corrected chi connectivity index (χ2v) is 9.15. The van der Waals surface area contributed by atoms with Crippen LogP contribution in [0.2, 0.25) is 0 Å². The zero-order valence-electron chi connectivity index (χ0n) is 19.3. The number of esters is 1. The Hall–Kier alpha value is -3.08. The minimum Gasteiger partial charge on any atom is -0.457 e. The average molecular weight is 469 g/mol. The van der Waals surface area contributed by atoms with E-state index in [1.807, 2.05) is 6.92 Å². The van der Waals surface area contributed by atoms with E-state index in [1.165, 1.54) is 10.7 Å². The molecule has 1 aromatic carbocycles. The van der Waals surface area contributed by atoms with Crippen LogP contribution >= 0.6 is 0 Å². The molecule has 0 saturated carbocycles. The van der Waals surface area contributed by atoms with Gasteiger partial charge in [-0.1, -0.05) is 6.07 Å². The molecule has 180 valence electrons. The molecule has 34 heavy (non-hydrogen) atoms. The highest BCUT2D eigenvalue weighted by molar-refractivity contribution is 5.99. The summed E-state index contributed by atoms with van der Waals surface area (Å²) >= 11 is 0. The Bertz CT molecular complexity index is 1200. The molecular formula is C24H28N4O6. The Kier molecular flexibility index (Phi) is 5.75. The fourth-order valence-electron chi connectivity index (χ4n) is 5.12. The van der Waals surface area contributed by atoms with Crippen molar-refractivity contribution in [2.24, 2.45) is 7.05 Å². The number of aromatic nitrogens is 2. The lowest BCUT2D eigenvalue weighted by molar-refractivity contribution is -0.158. The molecule has 2 saturated heterocycles. The minimum atomic E-state index is -0.919. The number of anilines is 1. The van der Waals surface area contributed by atoms with Crippen LogP contribution in [0.15, 0.2) is 29.1 Å². The van der Waals surface area contributed by atoms with Crippen molar-refractivity contribution in [2.75, 3.05) is 37.7 Å². The van der Waals surface area contributed by atoms with Gasteiger partial charge >= 0.3 is 5.97 Å². The van der Waals surface area contributed by atoms with Gasteiger partial charge in [-0.3, -0.25) is 14.5 Å². The molecule has 0 bridgehead atoms. The monoisotopic (exact) mass is 468 g/mol. The van der Waals surface area contributed by atoms with Crippen molar-refractivity contribution in [3.63, 3.8) is 0 Å². The van der Waals surface area contributed by atoms with Crippen molar-refractivity contribution in [3.05, 3.63) is 56.9 Å². The molecule has 1 atom stereocenters. The number of amides is 1. The first-order chi connectivity index (χ1) is 16.3. The van der Waals surface area contributed by atoms with Crippen LogP contribution in [-0.4, -0.2) is 70.1 Å². The maximum Gasteiger partial charge on any atom is 0.338 e. The summed E-state index contributed by atoms with van der Waals surface area (Å²) < 4.78 is 12.4. The summed E-state index contributed by atoms with van der Waals surface area (Å²) in [6.07, 6.45) is 0.294. The van der Waals surface area contributed by atoms with Gasteiger partial charge in [-0.25, -0.2) is 9.48 Å². The van der Waals surface area contributed by atoms with E-state index >= 15 is 0 Å². The number of aliphatic hydroxyl groups excluding tert-OH is 1. The lowest BCUT2D eigenvalue weighted by atomic mass is 9.87. The van der Waals surface area contributed by atoms with Crippen molar-refractivity contribution in [3.8, 4) is 0 Å². The molecule has 0 radical (unpaired) electrons. The largest absolute Gasteiger partial charge is 0.457 e. The highest BCUT2D eigenvalue weighted by atomic mass is 16.5. The number of cyclic esters (lactones) is 1. The molecule has 5 rings (SSSR count). The van der Waals surface area contributed by atoms with Crippen LogP contribution in [0.3, 0.4) is 0 Å². The highest BCUT2D eigenvalue weighted by Gasteiger charge is 2.48. The zero-order chi connectivity index (χ0) is 24.0. The molecule has 2 fully saturated rings. The maximum atomic E-state index is 13.4. The molecule has 1 amide bonds. The number of aryl methyl sites for hydroxylation is 1. The summed E-state index contributed by atoms with van der Waals surface area (Å²) in [6.45, 7) is 4.55. The third-order valence-electron chi connectivity index (χ3n) is 7.21. The Balaban J connectivity index is 1.25. The van der Waals surface area contributed by atoms with Crippen molar-refractivity contribution in [2.45, 2.75) is 38.1 Å². The lowest BCUT2D eigenvalue weighted by Gasteiger charge is -2.45. The topological polar surface area (TPSA) is 114 Å².